The topological polar surface area (TPSA) is 96.5 Å². The van der Waals surface area contributed by atoms with E-state index < -0.39 is 11.9 Å². The first-order valence-corrected chi connectivity index (χ1v) is 6.19. The zero-order valence-corrected chi connectivity index (χ0v) is 11.0. The summed E-state index contributed by atoms with van der Waals surface area (Å²) in [6.07, 6.45) is 0. The Balaban J connectivity index is 2.48. The number of pyridine rings is 1. The predicted octanol–water partition coefficient (Wildman–Crippen LogP) is 1.24. The second-order valence-electron chi connectivity index (χ2n) is 4.33. The van der Waals surface area contributed by atoms with Gasteiger partial charge in [-0.1, -0.05) is 6.07 Å². The number of carboxylic acid groups (broad SMARTS) is 1. The number of rotatable bonds is 5. The molecule has 3 N–H and O–H groups in total. The van der Waals surface area contributed by atoms with Crippen LogP contribution in [-0.2, 0) is 4.79 Å². The van der Waals surface area contributed by atoms with Gasteiger partial charge in [0.2, 0.25) is 5.91 Å². The van der Waals surface area contributed by atoms with Crippen LogP contribution in [0.1, 0.15) is 17.3 Å². The molecule has 1 aromatic carbocycles. The van der Waals surface area contributed by atoms with E-state index in [4.69, 9.17) is 10.8 Å². The first-order chi connectivity index (χ1) is 9.52. The Bertz CT molecular complexity index is 670. The second-order valence-corrected chi connectivity index (χ2v) is 4.33. The highest BCUT2D eigenvalue weighted by Crippen LogP contribution is 2.21. The SMILES string of the molecule is CCN(CC(N)=O)c1ccc2c(C(=O)O)cccc2n1. The van der Waals surface area contributed by atoms with Crippen molar-refractivity contribution in [1.29, 1.82) is 0 Å². The van der Waals surface area contributed by atoms with Gasteiger partial charge in [0.25, 0.3) is 0 Å². The number of fused-ring (bicyclic) bond motifs is 1. The Morgan fingerprint density at radius 1 is 1.30 bits per heavy atom. The smallest absolute Gasteiger partial charge is 0.336 e. The van der Waals surface area contributed by atoms with E-state index in [0.29, 0.717) is 23.3 Å². The quantitative estimate of drug-likeness (QED) is 0.854. The van der Waals surface area contributed by atoms with Crippen LogP contribution in [0.4, 0.5) is 5.82 Å². The van der Waals surface area contributed by atoms with Crippen LogP contribution in [0.25, 0.3) is 10.9 Å². The van der Waals surface area contributed by atoms with E-state index in [1.54, 1.807) is 29.2 Å². The minimum atomic E-state index is -0.991. The number of nitrogens with zero attached hydrogens (tertiary/aromatic N) is 2. The van der Waals surface area contributed by atoms with Gasteiger partial charge < -0.3 is 15.7 Å². The fourth-order valence-corrected chi connectivity index (χ4v) is 2.05. The lowest BCUT2D eigenvalue weighted by Gasteiger charge is -2.20. The molecule has 0 saturated carbocycles. The van der Waals surface area contributed by atoms with Gasteiger partial charge in [0.05, 0.1) is 17.6 Å². The molecule has 1 aromatic heterocycles. The average Bonchev–Trinajstić information content (AvgIpc) is 2.43. The maximum absolute atomic E-state index is 11.1. The Morgan fingerprint density at radius 2 is 2.05 bits per heavy atom. The molecule has 1 heterocycles. The minimum Gasteiger partial charge on any atom is -0.478 e. The van der Waals surface area contributed by atoms with Gasteiger partial charge >= 0.3 is 5.97 Å². The van der Waals surface area contributed by atoms with Crippen molar-refractivity contribution in [2.24, 2.45) is 5.73 Å². The number of carbonyl (C=O) groups is 2. The van der Waals surface area contributed by atoms with Crippen LogP contribution in [0, 0.1) is 0 Å². The third-order valence-corrected chi connectivity index (χ3v) is 3.00. The number of hydrogen-bond acceptors (Lipinski definition) is 4. The Labute approximate surface area is 115 Å². The predicted molar refractivity (Wildman–Crippen MR) is 75.8 cm³/mol. The van der Waals surface area contributed by atoms with Crippen LogP contribution < -0.4 is 10.6 Å². The molecule has 0 unspecified atom stereocenters. The van der Waals surface area contributed by atoms with Crippen LogP contribution in [0.2, 0.25) is 0 Å². The molecule has 20 heavy (non-hydrogen) atoms. The molecule has 0 aliphatic carbocycles. The number of aromatic nitrogens is 1. The molecule has 6 heteroatoms. The van der Waals surface area contributed by atoms with E-state index >= 15 is 0 Å². The largest absolute Gasteiger partial charge is 0.478 e. The van der Waals surface area contributed by atoms with Crippen LogP contribution in [0.3, 0.4) is 0 Å². The monoisotopic (exact) mass is 273 g/mol. The molecule has 0 atom stereocenters. The highest BCUT2D eigenvalue weighted by molar-refractivity contribution is 6.02. The molecular formula is C14H15N3O3. The highest BCUT2D eigenvalue weighted by Gasteiger charge is 2.12. The number of primary amides is 1. The molecule has 0 saturated heterocycles. The molecule has 2 aromatic rings. The molecule has 0 fully saturated rings. The van der Waals surface area contributed by atoms with Crippen LogP contribution in [-0.4, -0.2) is 35.1 Å². The minimum absolute atomic E-state index is 0.0770. The van der Waals surface area contributed by atoms with Crippen molar-refractivity contribution in [3.8, 4) is 0 Å². The number of hydrogen-bond donors (Lipinski definition) is 2. The van der Waals surface area contributed by atoms with E-state index in [9.17, 15) is 9.59 Å². The third-order valence-electron chi connectivity index (χ3n) is 3.00. The van der Waals surface area contributed by atoms with E-state index in [1.807, 2.05) is 6.92 Å². The average molecular weight is 273 g/mol. The highest BCUT2D eigenvalue weighted by atomic mass is 16.4. The molecular weight excluding hydrogens is 258 g/mol. The maximum atomic E-state index is 11.1. The summed E-state index contributed by atoms with van der Waals surface area (Å²) >= 11 is 0. The Morgan fingerprint density at radius 3 is 2.65 bits per heavy atom. The standard InChI is InChI=1S/C14H15N3O3/c1-2-17(8-12(15)18)13-7-6-9-10(14(19)20)4-3-5-11(9)16-13/h3-7H,2,8H2,1H3,(H2,15,18)(H,19,20). The lowest BCUT2D eigenvalue weighted by molar-refractivity contribution is -0.116. The zero-order chi connectivity index (χ0) is 14.7. The van der Waals surface area contributed by atoms with Crippen molar-refractivity contribution < 1.29 is 14.7 Å². The van der Waals surface area contributed by atoms with Gasteiger partial charge in [0.15, 0.2) is 0 Å². The van der Waals surface area contributed by atoms with Crippen LogP contribution in [0.15, 0.2) is 30.3 Å². The number of amides is 1. The van der Waals surface area contributed by atoms with Gasteiger partial charge in [-0.15, -0.1) is 0 Å². The van der Waals surface area contributed by atoms with Crippen molar-refractivity contribution in [2.75, 3.05) is 18.0 Å². The fourth-order valence-electron chi connectivity index (χ4n) is 2.05. The van der Waals surface area contributed by atoms with Gasteiger partial charge in [-0.25, -0.2) is 9.78 Å². The second kappa shape index (κ2) is 5.56. The number of anilines is 1. The van der Waals surface area contributed by atoms with Gasteiger partial charge in [-0.3, -0.25) is 4.79 Å². The number of nitrogens with two attached hydrogens (primary N) is 1. The van der Waals surface area contributed by atoms with E-state index in [-0.39, 0.29) is 12.1 Å². The van der Waals surface area contributed by atoms with E-state index in [2.05, 4.69) is 4.98 Å². The summed E-state index contributed by atoms with van der Waals surface area (Å²) in [5, 5.41) is 9.70. The summed E-state index contributed by atoms with van der Waals surface area (Å²) in [5.41, 5.74) is 5.98. The molecule has 0 bridgehead atoms. The lowest BCUT2D eigenvalue weighted by atomic mass is 10.1. The summed E-state index contributed by atoms with van der Waals surface area (Å²) in [6, 6.07) is 8.31. The molecule has 0 aliphatic heterocycles. The number of aromatic carboxylic acids is 1. The van der Waals surface area contributed by atoms with Crippen LogP contribution in [0.5, 0.6) is 0 Å². The van der Waals surface area contributed by atoms with Crippen molar-refractivity contribution in [3.05, 3.63) is 35.9 Å². The zero-order valence-electron chi connectivity index (χ0n) is 11.0. The van der Waals surface area contributed by atoms with E-state index in [0.717, 1.165) is 0 Å². The van der Waals surface area contributed by atoms with Gasteiger partial charge in [-0.05, 0) is 31.2 Å². The summed E-state index contributed by atoms with van der Waals surface area (Å²) in [5.74, 6) is -0.830. The molecule has 1 amide bonds. The molecule has 0 aliphatic rings. The summed E-state index contributed by atoms with van der Waals surface area (Å²) < 4.78 is 0. The Hall–Kier alpha value is -2.63. The van der Waals surface area contributed by atoms with Crippen molar-refractivity contribution in [1.82, 2.24) is 4.98 Å². The number of likely N-dealkylation sites (N-methyl/N-ethyl adjacent to an activating group) is 1. The van der Waals surface area contributed by atoms with Gasteiger partial charge in [0, 0.05) is 11.9 Å². The third kappa shape index (κ3) is 2.69. The first-order valence-electron chi connectivity index (χ1n) is 6.19. The van der Waals surface area contributed by atoms with Crippen molar-refractivity contribution in [3.63, 3.8) is 0 Å². The van der Waals surface area contributed by atoms with Gasteiger partial charge in [0.1, 0.15) is 5.82 Å². The number of carbonyl (C=O) groups excluding carboxylic acids is 1. The van der Waals surface area contributed by atoms with E-state index in [1.165, 1.54) is 6.07 Å². The first kappa shape index (κ1) is 13.8. The normalized spacial score (nSPS) is 10.4. The van der Waals surface area contributed by atoms with Crippen molar-refractivity contribution in [2.45, 2.75) is 6.92 Å². The summed E-state index contributed by atoms with van der Waals surface area (Å²) in [6.45, 7) is 2.55. The molecule has 0 radical (unpaired) electrons. The maximum Gasteiger partial charge on any atom is 0.336 e. The number of carboxylic acids is 1. The fraction of sp³-hybridized carbons (Fsp3) is 0.214. The molecule has 0 spiro atoms. The van der Waals surface area contributed by atoms with Crippen LogP contribution >= 0.6 is 0 Å². The molecule has 104 valence electrons. The molecule has 2 rings (SSSR count). The number of benzene rings is 1. The van der Waals surface area contributed by atoms with Gasteiger partial charge in [-0.2, -0.15) is 0 Å². The summed E-state index contributed by atoms with van der Waals surface area (Å²) in [7, 11) is 0. The lowest BCUT2D eigenvalue weighted by Crippen LogP contribution is -2.34. The molecule has 6 nitrogen and oxygen atoms in total. The van der Waals surface area contributed by atoms with Crippen molar-refractivity contribution >= 4 is 28.6 Å². The Kier molecular flexibility index (Phi) is 3.84. The summed E-state index contributed by atoms with van der Waals surface area (Å²) in [4.78, 5) is 28.3.